The molecule has 25 heavy (non-hydrogen) atoms. The number of nitrogens with zero attached hydrogens (tertiary/aromatic N) is 1. The van der Waals surface area contributed by atoms with E-state index < -0.39 is 34.0 Å². The van der Waals surface area contributed by atoms with Gasteiger partial charge in [-0.1, -0.05) is 12.1 Å². The molecular weight excluding hydrogens is 341 g/mol. The summed E-state index contributed by atoms with van der Waals surface area (Å²) >= 11 is 0. The quantitative estimate of drug-likeness (QED) is 0.404. The molecule has 0 aliphatic carbocycles. The Morgan fingerprint density at radius 3 is 2.48 bits per heavy atom. The minimum atomic E-state index is -1.66. The van der Waals surface area contributed by atoms with Crippen molar-refractivity contribution in [3.05, 3.63) is 64.0 Å². The lowest BCUT2D eigenvalue weighted by Crippen LogP contribution is -2.31. The van der Waals surface area contributed by atoms with Crippen LogP contribution in [-0.2, 0) is 4.79 Å². The van der Waals surface area contributed by atoms with Gasteiger partial charge in [0, 0.05) is 19.0 Å². The van der Waals surface area contributed by atoms with E-state index in [1.165, 1.54) is 18.2 Å². The molecule has 0 aliphatic rings. The van der Waals surface area contributed by atoms with Crippen molar-refractivity contribution in [3.8, 4) is 0 Å². The molecule has 3 N–H and O–H groups in total. The molecule has 10 heteroatoms. The third-order valence-corrected chi connectivity index (χ3v) is 3.14. The number of nitrogens with one attached hydrogen (secondary N) is 3. The number of anilines is 2. The number of hydrazine groups is 1. The molecule has 0 spiro atoms. The highest BCUT2D eigenvalue weighted by Gasteiger charge is 2.14. The number of hydrogen-bond acceptors (Lipinski definition) is 5. The number of carbonyl (C=O) groups is 1. The molecule has 2 aromatic rings. The maximum Gasteiger partial charge on any atom is 0.292 e. The first-order valence-corrected chi connectivity index (χ1v) is 7.05. The predicted molar refractivity (Wildman–Crippen MR) is 84.3 cm³/mol. The largest absolute Gasteiger partial charge is 0.379 e. The smallest absolute Gasteiger partial charge is 0.292 e. The van der Waals surface area contributed by atoms with Crippen LogP contribution in [0.25, 0.3) is 0 Å². The number of nitro benzene ring substituents is 1. The summed E-state index contributed by atoms with van der Waals surface area (Å²) in [5.74, 6) is -5.05. The summed E-state index contributed by atoms with van der Waals surface area (Å²) in [5, 5.41) is 13.6. The standard InChI is InChI=1S/C15H13F3N4O3/c16-9-5-6-11(15(18)14(9)17)20-21-13(23)7-8-19-10-3-1-2-4-12(10)22(24)25/h1-6,19-20H,7-8H2,(H,21,23). The summed E-state index contributed by atoms with van der Waals surface area (Å²) in [4.78, 5) is 21.9. The zero-order chi connectivity index (χ0) is 18.4. The highest BCUT2D eigenvalue weighted by Crippen LogP contribution is 2.23. The van der Waals surface area contributed by atoms with Gasteiger partial charge in [0.05, 0.1) is 10.6 Å². The number of hydrogen-bond donors (Lipinski definition) is 3. The zero-order valence-corrected chi connectivity index (χ0v) is 12.7. The Hall–Kier alpha value is -3.30. The van der Waals surface area contributed by atoms with Crippen LogP contribution in [0.3, 0.4) is 0 Å². The molecule has 0 saturated carbocycles. The summed E-state index contributed by atoms with van der Waals surface area (Å²) < 4.78 is 39.2. The lowest BCUT2D eigenvalue weighted by atomic mass is 10.2. The van der Waals surface area contributed by atoms with Gasteiger partial charge < -0.3 is 5.32 Å². The summed E-state index contributed by atoms with van der Waals surface area (Å²) in [6, 6.07) is 7.56. The molecule has 0 heterocycles. The minimum Gasteiger partial charge on any atom is -0.379 e. The number of benzene rings is 2. The van der Waals surface area contributed by atoms with E-state index in [4.69, 9.17) is 0 Å². The fourth-order valence-electron chi connectivity index (χ4n) is 1.92. The maximum absolute atomic E-state index is 13.4. The highest BCUT2D eigenvalue weighted by molar-refractivity contribution is 5.78. The zero-order valence-electron chi connectivity index (χ0n) is 12.7. The van der Waals surface area contributed by atoms with Crippen LogP contribution < -0.4 is 16.2 Å². The van der Waals surface area contributed by atoms with Crippen molar-refractivity contribution in [1.29, 1.82) is 0 Å². The lowest BCUT2D eigenvalue weighted by Gasteiger charge is -2.11. The molecule has 2 aromatic carbocycles. The molecule has 2 rings (SSSR count). The van der Waals surface area contributed by atoms with E-state index in [-0.39, 0.29) is 24.3 Å². The number of para-hydroxylation sites is 2. The average Bonchev–Trinajstić information content (AvgIpc) is 2.59. The van der Waals surface area contributed by atoms with Gasteiger partial charge in [-0.25, -0.2) is 13.2 Å². The summed E-state index contributed by atoms with van der Waals surface area (Å²) in [7, 11) is 0. The average molecular weight is 354 g/mol. The number of nitro groups is 1. The van der Waals surface area contributed by atoms with Crippen LogP contribution in [0.4, 0.5) is 30.2 Å². The van der Waals surface area contributed by atoms with Gasteiger partial charge in [-0.05, 0) is 18.2 Å². The van der Waals surface area contributed by atoms with E-state index in [1.54, 1.807) is 6.07 Å². The molecule has 0 bridgehead atoms. The van der Waals surface area contributed by atoms with Crippen LogP contribution in [0.15, 0.2) is 36.4 Å². The number of amides is 1. The van der Waals surface area contributed by atoms with Gasteiger partial charge in [0.1, 0.15) is 5.69 Å². The van der Waals surface area contributed by atoms with Crippen molar-refractivity contribution in [2.45, 2.75) is 6.42 Å². The predicted octanol–water partition coefficient (Wildman–Crippen LogP) is 2.96. The van der Waals surface area contributed by atoms with Crippen molar-refractivity contribution in [1.82, 2.24) is 5.43 Å². The fourth-order valence-corrected chi connectivity index (χ4v) is 1.92. The van der Waals surface area contributed by atoms with E-state index in [0.29, 0.717) is 6.07 Å². The molecule has 132 valence electrons. The van der Waals surface area contributed by atoms with Crippen LogP contribution in [-0.4, -0.2) is 17.4 Å². The number of carbonyl (C=O) groups excluding carboxylic acids is 1. The van der Waals surface area contributed by atoms with Crippen molar-refractivity contribution < 1.29 is 22.9 Å². The molecule has 1 amide bonds. The van der Waals surface area contributed by atoms with Crippen molar-refractivity contribution in [2.24, 2.45) is 0 Å². The molecule has 0 aromatic heterocycles. The molecule has 7 nitrogen and oxygen atoms in total. The Morgan fingerprint density at radius 2 is 1.76 bits per heavy atom. The second kappa shape index (κ2) is 7.99. The van der Waals surface area contributed by atoms with E-state index in [2.05, 4.69) is 16.2 Å². The van der Waals surface area contributed by atoms with Gasteiger partial charge in [-0.15, -0.1) is 0 Å². The first-order valence-electron chi connectivity index (χ1n) is 7.05. The Labute approximate surface area is 140 Å². The Kier molecular flexibility index (Phi) is 5.77. The Morgan fingerprint density at radius 1 is 1.04 bits per heavy atom. The fraction of sp³-hybridized carbons (Fsp3) is 0.133. The first kappa shape index (κ1) is 18.0. The van der Waals surface area contributed by atoms with Gasteiger partial charge in [0.2, 0.25) is 5.91 Å². The molecule has 0 fully saturated rings. The van der Waals surface area contributed by atoms with E-state index in [9.17, 15) is 28.1 Å². The van der Waals surface area contributed by atoms with Gasteiger partial charge in [-0.2, -0.15) is 0 Å². The van der Waals surface area contributed by atoms with Crippen molar-refractivity contribution in [2.75, 3.05) is 17.3 Å². The minimum absolute atomic E-state index is 0.0681. The SMILES string of the molecule is O=C(CCNc1ccccc1[N+](=O)[O-])NNc1ccc(F)c(F)c1F. The van der Waals surface area contributed by atoms with Gasteiger partial charge >= 0.3 is 0 Å². The third kappa shape index (κ3) is 4.59. The van der Waals surface area contributed by atoms with E-state index in [1.807, 2.05) is 0 Å². The maximum atomic E-state index is 13.4. The molecule has 0 unspecified atom stereocenters. The third-order valence-electron chi connectivity index (χ3n) is 3.14. The topological polar surface area (TPSA) is 96.3 Å². The first-order chi connectivity index (χ1) is 11.9. The molecule has 0 atom stereocenters. The number of halogens is 3. The Balaban J connectivity index is 1.84. The lowest BCUT2D eigenvalue weighted by molar-refractivity contribution is -0.384. The number of rotatable bonds is 7. The van der Waals surface area contributed by atoms with Crippen molar-refractivity contribution >= 4 is 23.0 Å². The van der Waals surface area contributed by atoms with Crippen LogP contribution in [0.1, 0.15) is 6.42 Å². The van der Waals surface area contributed by atoms with Crippen LogP contribution in [0.5, 0.6) is 0 Å². The van der Waals surface area contributed by atoms with E-state index >= 15 is 0 Å². The van der Waals surface area contributed by atoms with Gasteiger partial charge in [0.15, 0.2) is 17.5 Å². The summed E-state index contributed by atoms with van der Waals surface area (Å²) in [6.45, 7) is 0.0681. The second-order valence-electron chi connectivity index (χ2n) is 4.85. The van der Waals surface area contributed by atoms with Crippen LogP contribution in [0.2, 0.25) is 0 Å². The summed E-state index contributed by atoms with van der Waals surface area (Å²) in [5.41, 5.74) is 3.94. The van der Waals surface area contributed by atoms with Crippen LogP contribution in [0, 0.1) is 27.6 Å². The molecule has 0 aliphatic heterocycles. The highest BCUT2D eigenvalue weighted by atomic mass is 19.2. The monoisotopic (exact) mass is 354 g/mol. The normalized spacial score (nSPS) is 10.2. The Bertz CT molecular complexity index is 802. The molecule has 0 radical (unpaired) electrons. The molecular formula is C15H13F3N4O3. The van der Waals surface area contributed by atoms with E-state index in [0.717, 1.165) is 6.07 Å². The van der Waals surface area contributed by atoms with Crippen LogP contribution >= 0.6 is 0 Å². The van der Waals surface area contributed by atoms with Gasteiger partial charge in [0.25, 0.3) is 5.69 Å². The van der Waals surface area contributed by atoms with Crippen molar-refractivity contribution in [3.63, 3.8) is 0 Å². The second-order valence-corrected chi connectivity index (χ2v) is 4.85. The molecule has 0 saturated heterocycles. The summed E-state index contributed by atoms with van der Waals surface area (Å²) in [6.07, 6.45) is -0.107. The van der Waals surface area contributed by atoms with Gasteiger partial charge in [-0.3, -0.25) is 25.8 Å².